The van der Waals surface area contributed by atoms with E-state index in [0.29, 0.717) is 16.5 Å². The third kappa shape index (κ3) is 6.13. The van der Waals surface area contributed by atoms with Crippen molar-refractivity contribution in [1.29, 1.82) is 0 Å². The molecule has 11 heteroatoms. The van der Waals surface area contributed by atoms with Crippen LogP contribution in [0.2, 0.25) is 5.02 Å². The third-order valence-electron chi connectivity index (χ3n) is 6.20. The van der Waals surface area contributed by atoms with Crippen molar-refractivity contribution in [3.8, 4) is 17.2 Å². The van der Waals surface area contributed by atoms with Crippen LogP contribution in [0.5, 0.6) is 11.5 Å². The Bertz CT molecular complexity index is 1650. The average Bonchev–Trinajstić information content (AvgIpc) is 3.23. The molecule has 1 heterocycles. The van der Waals surface area contributed by atoms with Gasteiger partial charge < -0.3 is 14.0 Å². The quantitative estimate of drug-likeness (QED) is 0.207. The van der Waals surface area contributed by atoms with Crippen molar-refractivity contribution in [2.24, 2.45) is 5.10 Å². The van der Waals surface area contributed by atoms with E-state index < -0.39 is 22.5 Å². The van der Waals surface area contributed by atoms with Crippen molar-refractivity contribution < 1.29 is 22.7 Å². The molecule has 1 N–H and O–H groups in total. The van der Waals surface area contributed by atoms with Gasteiger partial charge in [-0.15, -0.1) is 0 Å². The van der Waals surface area contributed by atoms with Crippen molar-refractivity contribution in [1.82, 2.24) is 9.99 Å². The second kappa shape index (κ2) is 12.3. The summed E-state index contributed by atoms with van der Waals surface area (Å²) < 4.78 is 40.9. The summed E-state index contributed by atoms with van der Waals surface area (Å²) in [7, 11) is -1.28. The van der Waals surface area contributed by atoms with Gasteiger partial charge in [-0.05, 0) is 62.4 Å². The van der Waals surface area contributed by atoms with Gasteiger partial charge in [-0.3, -0.25) is 9.10 Å². The van der Waals surface area contributed by atoms with Gasteiger partial charge in [0.25, 0.3) is 15.9 Å². The Balaban J connectivity index is 1.56. The number of aryl methyl sites for hydroxylation is 1. The van der Waals surface area contributed by atoms with Gasteiger partial charge in [0.2, 0.25) is 0 Å². The molecule has 0 saturated carbocycles. The molecule has 0 radical (unpaired) electrons. The molecular formula is C29H29ClN4O5S. The normalized spacial score (nSPS) is 11.4. The van der Waals surface area contributed by atoms with Crippen LogP contribution in [0.4, 0.5) is 5.69 Å². The van der Waals surface area contributed by atoms with Gasteiger partial charge in [0.15, 0.2) is 11.5 Å². The van der Waals surface area contributed by atoms with Gasteiger partial charge in [0, 0.05) is 33.7 Å². The minimum absolute atomic E-state index is 0.0567. The third-order valence-corrected chi connectivity index (χ3v) is 8.21. The Labute approximate surface area is 238 Å². The van der Waals surface area contributed by atoms with Crippen LogP contribution in [0.3, 0.4) is 0 Å². The predicted octanol–water partition coefficient (Wildman–Crippen LogP) is 5.11. The summed E-state index contributed by atoms with van der Waals surface area (Å²) in [6.07, 6.45) is 1.52. The molecule has 0 aliphatic heterocycles. The summed E-state index contributed by atoms with van der Waals surface area (Å²) in [5, 5.41) is 4.72. The molecule has 0 aliphatic rings. The number of hydrazone groups is 1. The Hall–Kier alpha value is -4.28. The number of carbonyl (C=O) groups excluding carboxylic acids is 1. The molecule has 0 spiro atoms. The molecule has 0 unspecified atom stereocenters. The Morgan fingerprint density at radius 1 is 0.975 bits per heavy atom. The van der Waals surface area contributed by atoms with E-state index in [1.54, 1.807) is 36.4 Å². The van der Waals surface area contributed by atoms with Crippen molar-refractivity contribution >= 4 is 39.4 Å². The number of amides is 1. The monoisotopic (exact) mass is 580 g/mol. The molecular weight excluding hydrogens is 552 g/mol. The molecule has 0 fully saturated rings. The van der Waals surface area contributed by atoms with E-state index in [4.69, 9.17) is 21.1 Å². The first-order valence-electron chi connectivity index (χ1n) is 12.2. The fourth-order valence-corrected chi connectivity index (χ4v) is 5.91. The van der Waals surface area contributed by atoms with Crippen LogP contribution in [-0.4, -0.2) is 45.9 Å². The highest BCUT2D eigenvalue weighted by atomic mass is 35.5. The molecule has 3 aromatic carbocycles. The zero-order chi connectivity index (χ0) is 28.9. The van der Waals surface area contributed by atoms with Gasteiger partial charge in [-0.2, -0.15) is 5.10 Å². The average molecular weight is 581 g/mol. The van der Waals surface area contributed by atoms with Crippen molar-refractivity contribution in [3.05, 3.63) is 101 Å². The SMILES string of the molecule is COc1ccc(S(=O)(=O)N(CC(=O)N/N=C\c2cc(C)n(-c3cccc(Cl)c3)c2C)c2ccccc2)cc1OC. The van der Waals surface area contributed by atoms with Crippen molar-refractivity contribution in [2.75, 3.05) is 25.1 Å². The first-order chi connectivity index (χ1) is 19.1. The number of ether oxygens (including phenoxy) is 2. The zero-order valence-corrected chi connectivity index (χ0v) is 24.0. The van der Waals surface area contributed by atoms with Crippen LogP contribution >= 0.6 is 11.6 Å². The largest absolute Gasteiger partial charge is 0.493 e. The summed E-state index contributed by atoms with van der Waals surface area (Å²) in [5.41, 5.74) is 6.33. The van der Waals surface area contributed by atoms with Crippen LogP contribution in [0, 0.1) is 13.8 Å². The Kier molecular flexibility index (Phi) is 8.81. The molecule has 1 amide bonds. The van der Waals surface area contributed by atoms with Crippen molar-refractivity contribution in [2.45, 2.75) is 18.7 Å². The summed E-state index contributed by atoms with van der Waals surface area (Å²) in [5.74, 6) is 0.0170. The number of para-hydroxylation sites is 1. The molecule has 40 heavy (non-hydrogen) atoms. The molecule has 4 rings (SSSR count). The summed E-state index contributed by atoms with van der Waals surface area (Å²) in [4.78, 5) is 12.9. The summed E-state index contributed by atoms with van der Waals surface area (Å²) in [6, 6.07) is 22.1. The second-order valence-electron chi connectivity index (χ2n) is 8.80. The van der Waals surface area contributed by atoms with Gasteiger partial charge in [-0.1, -0.05) is 35.9 Å². The van der Waals surface area contributed by atoms with Crippen LogP contribution in [-0.2, 0) is 14.8 Å². The highest BCUT2D eigenvalue weighted by Gasteiger charge is 2.28. The van der Waals surface area contributed by atoms with E-state index in [1.807, 2.05) is 42.7 Å². The number of sulfonamides is 1. The molecule has 0 bridgehead atoms. The van der Waals surface area contributed by atoms with E-state index in [2.05, 4.69) is 10.5 Å². The number of rotatable bonds is 10. The number of nitrogens with one attached hydrogen (secondary N) is 1. The van der Waals surface area contributed by atoms with Crippen LogP contribution in [0.25, 0.3) is 5.69 Å². The van der Waals surface area contributed by atoms with E-state index in [-0.39, 0.29) is 10.6 Å². The molecule has 4 aromatic rings. The lowest BCUT2D eigenvalue weighted by atomic mass is 10.2. The topological polar surface area (TPSA) is 102 Å². The van der Waals surface area contributed by atoms with Gasteiger partial charge in [-0.25, -0.2) is 13.8 Å². The minimum atomic E-state index is -4.16. The molecule has 0 saturated heterocycles. The number of methoxy groups -OCH3 is 2. The molecule has 1 aromatic heterocycles. The van der Waals surface area contributed by atoms with Crippen LogP contribution in [0.15, 0.2) is 88.9 Å². The number of nitrogens with zero attached hydrogens (tertiary/aromatic N) is 3. The van der Waals surface area contributed by atoms with Crippen molar-refractivity contribution in [3.63, 3.8) is 0 Å². The maximum atomic E-state index is 13.7. The lowest BCUT2D eigenvalue weighted by Crippen LogP contribution is -2.39. The zero-order valence-electron chi connectivity index (χ0n) is 22.5. The van der Waals surface area contributed by atoms with E-state index >= 15 is 0 Å². The lowest BCUT2D eigenvalue weighted by Gasteiger charge is -2.24. The predicted molar refractivity (Wildman–Crippen MR) is 157 cm³/mol. The molecule has 208 valence electrons. The number of halogens is 1. The lowest BCUT2D eigenvalue weighted by molar-refractivity contribution is -0.119. The standard InChI is InChI=1S/C29H29ClN4O5S/c1-20-15-22(21(2)34(20)25-12-8-9-23(30)16-25)18-31-32-29(35)19-33(24-10-6-5-7-11-24)40(36,37)26-13-14-27(38-3)28(17-26)39-4/h5-18H,19H2,1-4H3,(H,32,35)/b31-18-. The van der Waals surface area contributed by atoms with Gasteiger partial charge >= 0.3 is 0 Å². The maximum absolute atomic E-state index is 13.7. The highest BCUT2D eigenvalue weighted by molar-refractivity contribution is 7.92. The van der Waals surface area contributed by atoms with E-state index in [1.165, 1.54) is 38.6 Å². The van der Waals surface area contributed by atoms with E-state index in [9.17, 15) is 13.2 Å². The number of benzene rings is 3. The van der Waals surface area contributed by atoms with Crippen LogP contribution in [0.1, 0.15) is 17.0 Å². The molecule has 0 atom stereocenters. The van der Waals surface area contributed by atoms with Gasteiger partial charge in [0.05, 0.1) is 31.0 Å². The molecule has 0 aliphatic carbocycles. The van der Waals surface area contributed by atoms with Crippen LogP contribution < -0.4 is 19.2 Å². The summed E-state index contributed by atoms with van der Waals surface area (Å²) >= 11 is 6.16. The number of hydrogen-bond acceptors (Lipinski definition) is 6. The first kappa shape index (κ1) is 28.7. The smallest absolute Gasteiger partial charge is 0.264 e. The molecule has 9 nitrogen and oxygen atoms in total. The second-order valence-corrected chi connectivity index (χ2v) is 11.1. The van der Waals surface area contributed by atoms with E-state index in [0.717, 1.165) is 26.9 Å². The number of carbonyl (C=O) groups is 1. The maximum Gasteiger partial charge on any atom is 0.264 e. The Morgan fingerprint density at radius 2 is 1.70 bits per heavy atom. The number of anilines is 1. The minimum Gasteiger partial charge on any atom is -0.493 e. The highest BCUT2D eigenvalue weighted by Crippen LogP contribution is 2.32. The first-order valence-corrected chi connectivity index (χ1v) is 14.0. The number of aromatic nitrogens is 1. The summed E-state index contributed by atoms with van der Waals surface area (Å²) in [6.45, 7) is 3.39. The Morgan fingerprint density at radius 3 is 2.38 bits per heavy atom. The van der Waals surface area contributed by atoms with Gasteiger partial charge in [0.1, 0.15) is 6.54 Å². The number of hydrogen-bond donors (Lipinski definition) is 1. The fourth-order valence-electron chi connectivity index (χ4n) is 4.28. The fraction of sp³-hybridized carbons (Fsp3) is 0.172.